The topological polar surface area (TPSA) is 64.3 Å². The molecule has 0 aliphatic rings. The normalized spacial score (nSPS) is 10.8. The van der Waals surface area contributed by atoms with E-state index in [1.165, 1.54) is 24.3 Å². The highest BCUT2D eigenvalue weighted by Gasteiger charge is 2.33. The Kier molecular flexibility index (Phi) is 4.15. The zero-order valence-electron chi connectivity index (χ0n) is 9.11. The Labute approximate surface area is 101 Å². The van der Waals surface area contributed by atoms with Crippen molar-refractivity contribution in [3.63, 3.8) is 0 Å². The monoisotopic (exact) mass is 258 g/mol. The summed E-state index contributed by atoms with van der Waals surface area (Å²) in [6.45, 7) is -1.95. The van der Waals surface area contributed by atoms with Crippen molar-refractivity contribution < 1.29 is 23.1 Å². The fraction of sp³-hybridized carbons (Fsp3) is 0.273. The molecule has 1 aromatic carbocycles. The molecular weight excluding hydrogens is 249 g/mol. The van der Waals surface area contributed by atoms with Crippen molar-refractivity contribution in [2.24, 2.45) is 0 Å². The van der Waals surface area contributed by atoms with Crippen LogP contribution in [0.5, 0.6) is 0 Å². The van der Waals surface area contributed by atoms with Crippen molar-refractivity contribution >= 4 is 6.09 Å². The molecule has 0 spiro atoms. The third kappa shape index (κ3) is 4.33. The summed E-state index contributed by atoms with van der Waals surface area (Å²) in [7, 11) is 0. The molecule has 0 aliphatic heterocycles. The first-order valence-corrected chi connectivity index (χ1v) is 4.85. The first-order chi connectivity index (χ1) is 8.31. The van der Waals surface area contributed by atoms with Crippen molar-refractivity contribution in [3.05, 3.63) is 35.4 Å². The van der Waals surface area contributed by atoms with E-state index < -0.39 is 25.4 Å². The summed E-state index contributed by atoms with van der Waals surface area (Å²) in [6, 6.07) is 7.62. The van der Waals surface area contributed by atoms with Crippen LogP contribution in [-0.2, 0) is 6.54 Å². The van der Waals surface area contributed by atoms with Crippen LogP contribution in [0, 0.1) is 11.3 Å². The largest absolute Gasteiger partial charge is 0.465 e. The molecule has 0 bridgehead atoms. The van der Waals surface area contributed by atoms with E-state index >= 15 is 0 Å². The van der Waals surface area contributed by atoms with Gasteiger partial charge >= 0.3 is 12.3 Å². The van der Waals surface area contributed by atoms with Crippen LogP contribution in [0.3, 0.4) is 0 Å². The average molecular weight is 258 g/mol. The predicted molar refractivity (Wildman–Crippen MR) is 55.6 cm³/mol. The molecule has 0 radical (unpaired) electrons. The molecule has 1 N–H and O–H groups in total. The lowest BCUT2D eigenvalue weighted by Crippen LogP contribution is -2.37. The van der Waals surface area contributed by atoms with Gasteiger partial charge in [0.1, 0.15) is 6.54 Å². The van der Waals surface area contributed by atoms with Gasteiger partial charge in [0.2, 0.25) is 0 Å². The standard InChI is InChI=1S/C11H9F3N2O2/c12-11(13,14)7-16(10(17)18)6-9-3-1-2-8(4-9)5-15/h1-4H,6-7H2,(H,17,18). The molecule has 0 atom stereocenters. The van der Waals surface area contributed by atoms with E-state index in [1.807, 2.05) is 6.07 Å². The molecule has 1 amide bonds. The van der Waals surface area contributed by atoms with E-state index in [1.54, 1.807) is 0 Å². The summed E-state index contributed by atoms with van der Waals surface area (Å²) in [5.41, 5.74) is 0.602. The fourth-order valence-corrected chi connectivity index (χ4v) is 1.37. The second kappa shape index (κ2) is 5.40. The molecule has 1 aromatic rings. The fourth-order valence-electron chi connectivity index (χ4n) is 1.37. The number of carboxylic acid groups (broad SMARTS) is 1. The number of amides is 1. The van der Waals surface area contributed by atoms with Gasteiger partial charge in [0, 0.05) is 6.54 Å². The third-order valence-electron chi connectivity index (χ3n) is 2.07. The molecule has 0 unspecified atom stereocenters. The van der Waals surface area contributed by atoms with Gasteiger partial charge in [-0.3, -0.25) is 4.90 Å². The van der Waals surface area contributed by atoms with Gasteiger partial charge in [-0.1, -0.05) is 12.1 Å². The van der Waals surface area contributed by atoms with E-state index in [-0.39, 0.29) is 10.5 Å². The van der Waals surface area contributed by atoms with Crippen molar-refractivity contribution in [1.82, 2.24) is 4.90 Å². The molecular formula is C11H9F3N2O2. The molecule has 7 heteroatoms. The SMILES string of the molecule is N#Cc1cccc(CN(CC(F)(F)F)C(=O)O)c1. The van der Waals surface area contributed by atoms with E-state index in [0.29, 0.717) is 5.56 Å². The van der Waals surface area contributed by atoms with Crippen LogP contribution in [0.15, 0.2) is 24.3 Å². The smallest absolute Gasteiger partial charge is 0.407 e. The Morgan fingerprint density at radius 3 is 2.61 bits per heavy atom. The van der Waals surface area contributed by atoms with Gasteiger partial charge in [-0.05, 0) is 17.7 Å². The Balaban J connectivity index is 2.84. The van der Waals surface area contributed by atoms with Crippen LogP contribution >= 0.6 is 0 Å². The second-order valence-electron chi connectivity index (χ2n) is 3.57. The summed E-state index contributed by atoms with van der Waals surface area (Å²) in [6.07, 6.45) is -6.25. The summed E-state index contributed by atoms with van der Waals surface area (Å²) in [5.74, 6) is 0. The highest BCUT2D eigenvalue weighted by atomic mass is 19.4. The minimum absolute atomic E-state index is 0.247. The van der Waals surface area contributed by atoms with Crippen LogP contribution in [0.25, 0.3) is 0 Å². The minimum Gasteiger partial charge on any atom is -0.465 e. The van der Waals surface area contributed by atoms with Gasteiger partial charge in [-0.2, -0.15) is 18.4 Å². The summed E-state index contributed by atoms with van der Waals surface area (Å²) in [5, 5.41) is 17.3. The highest BCUT2D eigenvalue weighted by Crippen LogP contribution is 2.18. The molecule has 0 saturated carbocycles. The maximum atomic E-state index is 12.2. The van der Waals surface area contributed by atoms with E-state index in [2.05, 4.69) is 0 Å². The number of halogens is 3. The number of nitriles is 1. The van der Waals surface area contributed by atoms with Crippen molar-refractivity contribution in [3.8, 4) is 6.07 Å². The zero-order valence-corrected chi connectivity index (χ0v) is 9.11. The number of hydrogen-bond donors (Lipinski definition) is 1. The van der Waals surface area contributed by atoms with Gasteiger partial charge < -0.3 is 5.11 Å². The molecule has 4 nitrogen and oxygen atoms in total. The van der Waals surface area contributed by atoms with Crippen molar-refractivity contribution in [2.45, 2.75) is 12.7 Å². The average Bonchev–Trinajstić information content (AvgIpc) is 2.26. The lowest BCUT2D eigenvalue weighted by molar-refractivity contribution is -0.142. The van der Waals surface area contributed by atoms with E-state index in [4.69, 9.17) is 10.4 Å². The van der Waals surface area contributed by atoms with Crippen LogP contribution in [0.2, 0.25) is 0 Å². The molecule has 96 valence electrons. The first kappa shape index (κ1) is 13.8. The molecule has 0 fully saturated rings. The Hall–Kier alpha value is -2.23. The quantitative estimate of drug-likeness (QED) is 0.906. The maximum absolute atomic E-state index is 12.2. The van der Waals surface area contributed by atoms with Crippen LogP contribution < -0.4 is 0 Å². The molecule has 0 aliphatic carbocycles. The molecule has 0 heterocycles. The van der Waals surface area contributed by atoms with Gasteiger partial charge in [-0.15, -0.1) is 0 Å². The van der Waals surface area contributed by atoms with Crippen LogP contribution in [0.1, 0.15) is 11.1 Å². The Bertz CT molecular complexity index is 480. The van der Waals surface area contributed by atoms with Crippen molar-refractivity contribution in [2.75, 3.05) is 6.54 Å². The lowest BCUT2D eigenvalue weighted by atomic mass is 10.1. The Morgan fingerprint density at radius 1 is 1.44 bits per heavy atom. The number of alkyl halides is 3. The molecule has 0 saturated heterocycles. The van der Waals surface area contributed by atoms with Crippen molar-refractivity contribution in [1.29, 1.82) is 5.26 Å². The zero-order chi connectivity index (χ0) is 13.8. The summed E-state index contributed by atoms with van der Waals surface area (Å²) < 4.78 is 36.5. The molecule has 18 heavy (non-hydrogen) atoms. The lowest BCUT2D eigenvalue weighted by Gasteiger charge is -2.20. The van der Waals surface area contributed by atoms with Gasteiger partial charge in [0.15, 0.2) is 0 Å². The maximum Gasteiger partial charge on any atom is 0.407 e. The number of hydrogen-bond acceptors (Lipinski definition) is 2. The molecule has 0 aromatic heterocycles. The third-order valence-corrected chi connectivity index (χ3v) is 2.07. The van der Waals surface area contributed by atoms with Gasteiger partial charge in [-0.25, -0.2) is 4.79 Å². The minimum atomic E-state index is -4.59. The van der Waals surface area contributed by atoms with Crippen LogP contribution in [-0.4, -0.2) is 28.8 Å². The predicted octanol–water partition coefficient (Wildman–Crippen LogP) is 2.60. The second-order valence-corrected chi connectivity index (χ2v) is 3.57. The van der Waals surface area contributed by atoms with Gasteiger partial charge in [0.25, 0.3) is 0 Å². The first-order valence-electron chi connectivity index (χ1n) is 4.85. The van der Waals surface area contributed by atoms with E-state index in [9.17, 15) is 18.0 Å². The molecule has 1 rings (SSSR count). The summed E-state index contributed by atoms with van der Waals surface area (Å²) >= 11 is 0. The van der Waals surface area contributed by atoms with E-state index in [0.717, 1.165) is 0 Å². The number of carbonyl (C=O) groups is 1. The Morgan fingerprint density at radius 2 is 2.11 bits per heavy atom. The number of rotatable bonds is 3. The highest BCUT2D eigenvalue weighted by molar-refractivity contribution is 5.65. The van der Waals surface area contributed by atoms with Crippen LogP contribution in [0.4, 0.5) is 18.0 Å². The summed E-state index contributed by atoms with van der Waals surface area (Å²) in [4.78, 5) is 10.9. The number of nitrogens with zero attached hydrogens (tertiary/aromatic N) is 2. The number of benzene rings is 1. The van der Waals surface area contributed by atoms with Gasteiger partial charge in [0.05, 0.1) is 11.6 Å².